The molecule has 0 aliphatic heterocycles. The molecule has 1 aromatic carbocycles. The van der Waals surface area contributed by atoms with Gasteiger partial charge in [0.2, 0.25) is 0 Å². The van der Waals surface area contributed by atoms with Gasteiger partial charge in [-0.2, -0.15) is 0 Å². The highest BCUT2D eigenvalue weighted by Gasteiger charge is 2.21. The molecule has 0 bridgehead atoms. The fourth-order valence-corrected chi connectivity index (χ4v) is 2.67. The molecule has 0 radical (unpaired) electrons. The second-order valence-corrected chi connectivity index (χ2v) is 4.69. The van der Waals surface area contributed by atoms with Gasteiger partial charge < -0.3 is 10.0 Å². The van der Waals surface area contributed by atoms with Crippen LogP contribution in [0.25, 0.3) is 0 Å². The first kappa shape index (κ1) is 11.5. The van der Waals surface area contributed by atoms with Crippen LogP contribution < -0.4 is 4.90 Å². The second-order valence-electron chi connectivity index (χ2n) is 4.69. The number of aliphatic hydroxyl groups is 1. The van der Waals surface area contributed by atoms with Crippen molar-refractivity contribution in [2.45, 2.75) is 45.1 Å². The molecule has 1 N–H and O–H groups in total. The molecule has 0 saturated heterocycles. The maximum Gasteiger partial charge on any atom is 0.115 e. The zero-order chi connectivity index (χ0) is 11.4. The minimum Gasteiger partial charge on any atom is -0.376 e. The van der Waals surface area contributed by atoms with E-state index in [1.165, 1.54) is 43.4 Å². The summed E-state index contributed by atoms with van der Waals surface area (Å²) in [7, 11) is 0. The normalized spacial score (nSPS) is 17.4. The third-order valence-corrected chi connectivity index (χ3v) is 3.59. The number of benzene rings is 1. The molecule has 0 spiro atoms. The van der Waals surface area contributed by atoms with Gasteiger partial charge in [-0.15, -0.1) is 0 Å². The Bertz CT molecular complexity index is 331. The van der Waals surface area contributed by atoms with E-state index in [1.54, 1.807) is 0 Å². The highest BCUT2D eigenvalue weighted by Crippen LogP contribution is 2.28. The van der Waals surface area contributed by atoms with Crippen molar-refractivity contribution in [1.29, 1.82) is 0 Å². The first-order valence-electron chi connectivity index (χ1n) is 6.26. The first-order valence-corrected chi connectivity index (χ1v) is 6.26. The Labute approximate surface area is 97.9 Å². The zero-order valence-corrected chi connectivity index (χ0v) is 10.0. The maximum absolute atomic E-state index is 9.58. The van der Waals surface area contributed by atoms with E-state index in [0.717, 1.165) is 0 Å². The zero-order valence-electron chi connectivity index (χ0n) is 10.0. The van der Waals surface area contributed by atoms with E-state index in [0.29, 0.717) is 6.04 Å². The van der Waals surface area contributed by atoms with E-state index in [9.17, 15) is 5.11 Å². The van der Waals surface area contributed by atoms with Gasteiger partial charge in [0.05, 0.1) is 0 Å². The fourth-order valence-electron chi connectivity index (χ4n) is 2.67. The molecule has 0 atom stereocenters. The summed E-state index contributed by atoms with van der Waals surface area (Å²) in [5.41, 5.74) is 2.44. The molecule has 2 nitrogen and oxygen atoms in total. The van der Waals surface area contributed by atoms with Crippen LogP contribution in [-0.2, 0) is 0 Å². The van der Waals surface area contributed by atoms with Crippen LogP contribution in [-0.4, -0.2) is 17.9 Å². The second kappa shape index (κ2) is 5.35. The predicted molar refractivity (Wildman–Crippen MR) is 67.6 cm³/mol. The van der Waals surface area contributed by atoms with Crippen molar-refractivity contribution in [1.82, 2.24) is 0 Å². The largest absolute Gasteiger partial charge is 0.376 e. The van der Waals surface area contributed by atoms with Crippen molar-refractivity contribution in [2.24, 2.45) is 0 Å². The van der Waals surface area contributed by atoms with Crippen molar-refractivity contribution < 1.29 is 5.11 Å². The van der Waals surface area contributed by atoms with Gasteiger partial charge in [0.25, 0.3) is 0 Å². The van der Waals surface area contributed by atoms with Gasteiger partial charge in [-0.1, -0.05) is 37.5 Å². The molecule has 1 saturated carbocycles. The van der Waals surface area contributed by atoms with Crippen molar-refractivity contribution in [3.63, 3.8) is 0 Å². The van der Waals surface area contributed by atoms with Gasteiger partial charge in [-0.05, 0) is 31.4 Å². The van der Waals surface area contributed by atoms with E-state index in [4.69, 9.17) is 0 Å². The summed E-state index contributed by atoms with van der Waals surface area (Å²) in [6, 6.07) is 8.85. The average Bonchev–Trinajstić information content (AvgIpc) is 2.34. The van der Waals surface area contributed by atoms with Crippen LogP contribution in [0.1, 0.15) is 37.7 Å². The first-order chi connectivity index (χ1) is 7.83. The third kappa shape index (κ3) is 2.38. The Hall–Kier alpha value is -1.02. The van der Waals surface area contributed by atoms with Crippen molar-refractivity contribution >= 4 is 5.69 Å². The molecule has 0 aromatic heterocycles. The lowest BCUT2D eigenvalue weighted by Gasteiger charge is -2.35. The van der Waals surface area contributed by atoms with Crippen LogP contribution in [0.2, 0.25) is 0 Å². The highest BCUT2D eigenvalue weighted by molar-refractivity contribution is 5.53. The molecule has 0 heterocycles. The van der Waals surface area contributed by atoms with Crippen molar-refractivity contribution in [3.8, 4) is 0 Å². The minimum absolute atomic E-state index is 0.134. The van der Waals surface area contributed by atoms with E-state index < -0.39 is 0 Å². The van der Waals surface area contributed by atoms with Crippen LogP contribution >= 0.6 is 0 Å². The Morgan fingerprint density at radius 2 is 1.88 bits per heavy atom. The number of aryl methyl sites for hydroxylation is 1. The Kier molecular flexibility index (Phi) is 3.83. The standard InChI is InChI=1S/C14H21NO/c1-12-7-5-6-10-14(12)15(11-16)13-8-3-2-4-9-13/h5-7,10,13,16H,2-4,8-9,11H2,1H3. The van der Waals surface area contributed by atoms with Gasteiger partial charge in [-0.25, -0.2) is 0 Å². The molecule has 16 heavy (non-hydrogen) atoms. The van der Waals surface area contributed by atoms with Gasteiger partial charge >= 0.3 is 0 Å². The van der Waals surface area contributed by atoms with Crippen molar-refractivity contribution in [2.75, 3.05) is 11.6 Å². The van der Waals surface area contributed by atoms with E-state index in [2.05, 4.69) is 30.0 Å². The molecule has 1 aliphatic rings. The van der Waals surface area contributed by atoms with E-state index >= 15 is 0 Å². The lowest BCUT2D eigenvalue weighted by Crippen LogP contribution is -2.37. The Morgan fingerprint density at radius 1 is 1.19 bits per heavy atom. The monoisotopic (exact) mass is 219 g/mol. The molecule has 1 aromatic rings. The summed E-state index contributed by atoms with van der Waals surface area (Å²) < 4.78 is 0. The number of hydrogen-bond acceptors (Lipinski definition) is 2. The SMILES string of the molecule is Cc1ccccc1N(CO)C1CCCCC1. The quantitative estimate of drug-likeness (QED) is 0.790. The molecular weight excluding hydrogens is 198 g/mol. The number of hydrogen-bond donors (Lipinski definition) is 1. The predicted octanol–water partition coefficient (Wildman–Crippen LogP) is 3.08. The number of para-hydroxylation sites is 1. The molecule has 2 rings (SSSR count). The lowest BCUT2D eigenvalue weighted by molar-refractivity contribution is 0.260. The molecule has 1 aliphatic carbocycles. The summed E-state index contributed by atoms with van der Waals surface area (Å²) in [4.78, 5) is 2.16. The molecule has 2 heteroatoms. The Balaban J connectivity index is 2.18. The fraction of sp³-hybridized carbons (Fsp3) is 0.571. The number of anilines is 1. The maximum atomic E-state index is 9.58. The molecule has 1 fully saturated rings. The summed E-state index contributed by atoms with van der Waals surface area (Å²) in [6.45, 7) is 2.25. The van der Waals surface area contributed by atoms with Gasteiger partial charge in [-0.3, -0.25) is 0 Å². The van der Waals surface area contributed by atoms with Crippen LogP contribution in [0.3, 0.4) is 0 Å². The molecule has 88 valence electrons. The Morgan fingerprint density at radius 3 is 2.50 bits per heavy atom. The average molecular weight is 219 g/mol. The highest BCUT2D eigenvalue weighted by atomic mass is 16.3. The van der Waals surface area contributed by atoms with Gasteiger partial charge in [0, 0.05) is 11.7 Å². The molecule has 0 unspecified atom stereocenters. The van der Waals surface area contributed by atoms with Gasteiger partial charge in [0.1, 0.15) is 6.73 Å². The van der Waals surface area contributed by atoms with Gasteiger partial charge in [0.15, 0.2) is 0 Å². The summed E-state index contributed by atoms with van der Waals surface area (Å²) in [5.74, 6) is 0. The number of rotatable bonds is 3. The van der Waals surface area contributed by atoms with Crippen LogP contribution in [0.15, 0.2) is 24.3 Å². The van der Waals surface area contributed by atoms with E-state index in [1.807, 2.05) is 6.07 Å². The molecule has 0 amide bonds. The number of aliphatic hydroxyl groups excluding tert-OH is 1. The van der Waals surface area contributed by atoms with Crippen LogP contribution in [0, 0.1) is 6.92 Å². The van der Waals surface area contributed by atoms with E-state index in [-0.39, 0.29) is 6.73 Å². The van der Waals surface area contributed by atoms with Crippen LogP contribution in [0.5, 0.6) is 0 Å². The minimum atomic E-state index is 0.134. The lowest BCUT2D eigenvalue weighted by atomic mass is 9.94. The number of nitrogens with zero attached hydrogens (tertiary/aromatic N) is 1. The summed E-state index contributed by atoms with van der Waals surface area (Å²) in [5, 5.41) is 9.58. The topological polar surface area (TPSA) is 23.5 Å². The smallest absolute Gasteiger partial charge is 0.115 e. The summed E-state index contributed by atoms with van der Waals surface area (Å²) >= 11 is 0. The third-order valence-electron chi connectivity index (χ3n) is 3.59. The van der Waals surface area contributed by atoms with Crippen molar-refractivity contribution in [3.05, 3.63) is 29.8 Å². The molecular formula is C14H21NO. The summed E-state index contributed by atoms with van der Waals surface area (Å²) in [6.07, 6.45) is 6.38. The van der Waals surface area contributed by atoms with Crippen LogP contribution in [0.4, 0.5) is 5.69 Å².